The first-order valence-corrected chi connectivity index (χ1v) is 13.0. The maximum absolute atomic E-state index is 15.2. The fourth-order valence-corrected chi connectivity index (χ4v) is 5.10. The Morgan fingerprint density at radius 3 is 2.46 bits per heavy atom. The second-order valence-electron chi connectivity index (χ2n) is 10.4. The fraction of sp³-hybridized carbons (Fsp3) is 0.414. The van der Waals surface area contributed by atoms with Crippen LogP contribution in [0.2, 0.25) is 0 Å². The number of rotatable bonds is 11. The maximum atomic E-state index is 15.2. The highest BCUT2D eigenvalue weighted by Gasteiger charge is 2.38. The number of aromatic amines is 1. The molecule has 0 bridgehead atoms. The van der Waals surface area contributed by atoms with E-state index in [0.717, 1.165) is 23.8 Å². The molecule has 2 aromatic carbocycles. The van der Waals surface area contributed by atoms with Gasteiger partial charge in [0, 0.05) is 23.9 Å². The Morgan fingerprint density at radius 2 is 1.85 bits per heavy atom. The summed E-state index contributed by atoms with van der Waals surface area (Å²) >= 11 is 0. The van der Waals surface area contributed by atoms with Crippen molar-refractivity contribution in [2.75, 3.05) is 26.4 Å². The second kappa shape index (κ2) is 12.3. The first-order valence-electron chi connectivity index (χ1n) is 13.0. The minimum Gasteiger partial charge on any atom is -0.494 e. The number of alkyl halides is 2. The molecular formula is C29H30F4N2O6. The van der Waals surface area contributed by atoms with E-state index in [0.29, 0.717) is 24.3 Å². The molecule has 0 radical (unpaired) electrons. The summed E-state index contributed by atoms with van der Waals surface area (Å²) in [5.74, 6) is -2.81. The van der Waals surface area contributed by atoms with Gasteiger partial charge >= 0.3 is 0 Å². The summed E-state index contributed by atoms with van der Waals surface area (Å²) in [7, 11) is 0. The lowest BCUT2D eigenvalue weighted by atomic mass is 9.83. The molecule has 41 heavy (non-hydrogen) atoms. The van der Waals surface area contributed by atoms with Gasteiger partial charge in [-0.3, -0.25) is 14.4 Å². The molecule has 1 aliphatic rings. The van der Waals surface area contributed by atoms with Gasteiger partial charge in [0.15, 0.2) is 5.78 Å². The van der Waals surface area contributed by atoms with E-state index in [1.165, 1.54) is 18.7 Å². The largest absolute Gasteiger partial charge is 0.494 e. The Bertz CT molecular complexity index is 1460. The molecule has 1 amide bonds. The highest BCUT2D eigenvalue weighted by atomic mass is 19.3. The van der Waals surface area contributed by atoms with Crippen LogP contribution in [0.15, 0.2) is 45.7 Å². The molecule has 1 aliphatic heterocycles. The van der Waals surface area contributed by atoms with Gasteiger partial charge in [-0.2, -0.15) is 5.16 Å². The molecule has 12 heteroatoms. The minimum atomic E-state index is -2.72. The number of nitrogens with one attached hydrogen (secondary N) is 1. The van der Waals surface area contributed by atoms with Crippen molar-refractivity contribution >= 4 is 11.7 Å². The first kappa shape index (κ1) is 30.0. The van der Waals surface area contributed by atoms with Crippen LogP contribution in [0, 0.1) is 11.6 Å². The summed E-state index contributed by atoms with van der Waals surface area (Å²) < 4.78 is 70.8. The van der Waals surface area contributed by atoms with E-state index in [1.54, 1.807) is 18.2 Å². The molecule has 220 valence electrons. The molecule has 0 saturated carbocycles. The third-order valence-corrected chi connectivity index (χ3v) is 6.82. The lowest BCUT2D eigenvalue weighted by Crippen LogP contribution is -2.44. The lowest BCUT2D eigenvalue weighted by Gasteiger charge is -2.36. The van der Waals surface area contributed by atoms with E-state index >= 15 is 8.78 Å². The van der Waals surface area contributed by atoms with E-state index in [4.69, 9.17) is 14.0 Å². The van der Waals surface area contributed by atoms with Gasteiger partial charge in [-0.05, 0) is 54.3 Å². The Balaban J connectivity index is 1.65. The van der Waals surface area contributed by atoms with Gasteiger partial charge in [0.2, 0.25) is 5.76 Å². The standard InChI is InChI=1S/C29H30F4N2O6/c1-4-40-18-5-6-19-17(12-18)7-8-35(28(38)23-13-25(37)34-41-23)27(19)22(36)11-16-9-20(30)26(21(31)10-16)29(2,3)15-39-14-24(32)33/h5-6,9-10,12-13,24,27H,4,7-8,11,14-15H2,1-3H3,(H,34,37)/t27-/m1/s1. The molecule has 1 aromatic heterocycles. The number of amides is 1. The van der Waals surface area contributed by atoms with Crippen molar-refractivity contribution in [1.29, 1.82) is 0 Å². The number of H-pyrrole nitrogens is 1. The van der Waals surface area contributed by atoms with Crippen molar-refractivity contribution in [2.24, 2.45) is 0 Å². The normalized spacial score (nSPS) is 15.2. The van der Waals surface area contributed by atoms with Crippen molar-refractivity contribution in [1.82, 2.24) is 10.1 Å². The summed E-state index contributed by atoms with van der Waals surface area (Å²) in [4.78, 5) is 39.8. The van der Waals surface area contributed by atoms with E-state index in [1.807, 2.05) is 6.92 Å². The van der Waals surface area contributed by atoms with Crippen LogP contribution in [0.25, 0.3) is 0 Å². The molecule has 0 saturated heterocycles. The van der Waals surface area contributed by atoms with Gasteiger partial charge in [-0.15, -0.1) is 0 Å². The number of aromatic nitrogens is 1. The molecule has 0 fully saturated rings. The van der Waals surface area contributed by atoms with Crippen molar-refractivity contribution in [3.8, 4) is 5.75 Å². The predicted octanol–water partition coefficient (Wildman–Crippen LogP) is 4.76. The van der Waals surface area contributed by atoms with Crippen LogP contribution in [0.3, 0.4) is 0 Å². The van der Waals surface area contributed by atoms with Crippen molar-refractivity contribution in [2.45, 2.75) is 51.5 Å². The third-order valence-electron chi connectivity index (χ3n) is 6.82. The van der Waals surface area contributed by atoms with Gasteiger partial charge in [0.25, 0.3) is 17.9 Å². The number of fused-ring (bicyclic) bond motifs is 1. The molecule has 3 aromatic rings. The van der Waals surface area contributed by atoms with Crippen LogP contribution in [0.5, 0.6) is 5.75 Å². The molecule has 2 heterocycles. The molecule has 8 nitrogen and oxygen atoms in total. The summed E-state index contributed by atoms with van der Waals surface area (Å²) in [6, 6.07) is 7.00. The van der Waals surface area contributed by atoms with Gasteiger partial charge < -0.3 is 18.9 Å². The minimum absolute atomic E-state index is 0.0247. The van der Waals surface area contributed by atoms with E-state index in [9.17, 15) is 23.2 Å². The first-order chi connectivity index (χ1) is 19.4. The predicted molar refractivity (Wildman–Crippen MR) is 139 cm³/mol. The number of hydrogen-bond acceptors (Lipinski definition) is 6. The summed E-state index contributed by atoms with van der Waals surface area (Å²) in [6.45, 7) is 4.08. The number of ether oxygens (including phenoxy) is 2. The van der Waals surface area contributed by atoms with Gasteiger partial charge in [0.1, 0.15) is 30.0 Å². The Hall–Kier alpha value is -3.93. The van der Waals surface area contributed by atoms with E-state index in [-0.39, 0.29) is 30.0 Å². The number of hydrogen-bond donors (Lipinski definition) is 1. The zero-order chi connectivity index (χ0) is 29.9. The molecular weight excluding hydrogens is 548 g/mol. The molecule has 1 N–H and O–H groups in total. The zero-order valence-electron chi connectivity index (χ0n) is 22.8. The smallest absolute Gasteiger partial charge is 0.293 e. The van der Waals surface area contributed by atoms with Crippen LogP contribution in [-0.2, 0) is 27.8 Å². The van der Waals surface area contributed by atoms with E-state index in [2.05, 4.69) is 5.16 Å². The topological polar surface area (TPSA) is 102 Å². The number of ketones is 1. The molecule has 0 spiro atoms. The average Bonchev–Trinajstić information content (AvgIpc) is 3.32. The average molecular weight is 579 g/mol. The summed E-state index contributed by atoms with van der Waals surface area (Å²) in [5.41, 5.74) is -0.928. The maximum Gasteiger partial charge on any atom is 0.293 e. The van der Waals surface area contributed by atoms with Gasteiger partial charge in [-0.25, -0.2) is 17.6 Å². The number of benzene rings is 2. The molecule has 4 rings (SSSR count). The van der Waals surface area contributed by atoms with Crippen LogP contribution < -0.4 is 10.3 Å². The number of Topliss-reactive ketones (excluding diaryl/α,β-unsaturated/α-hetero) is 1. The van der Waals surface area contributed by atoms with Crippen LogP contribution >= 0.6 is 0 Å². The van der Waals surface area contributed by atoms with Crippen molar-refractivity contribution < 1.29 is 41.1 Å². The molecule has 0 unspecified atom stereocenters. The lowest BCUT2D eigenvalue weighted by molar-refractivity contribution is -0.123. The Kier molecular flexibility index (Phi) is 9.01. The van der Waals surface area contributed by atoms with Crippen LogP contribution in [-0.4, -0.2) is 54.5 Å². The molecule has 0 aliphatic carbocycles. The Labute approximate surface area is 233 Å². The van der Waals surface area contributed by atoms with Crippen molar-refractivity contribution in [3.05, 3.63) is 86.4 Å². The summed E-state index contributed by atoms with van der Waals surface area (Å²) in [6.07, 6.45) is -2.75. The molecule has 1 atom stereocenters. The number of halogens is 4. The van der Waals surface area contributed by atoms with E-state index < -0.39 is 59.8 Å². The second-order valence-corrected chi connectivity index (χ2v) is 10.4. The highest BCUT2D eigenvalue weighted by Crippen LogP contribution is 2.36. The summed E-state index contributed by atoms with van der Waals surface area (Å²) in [5, 5.41) is 2.05. The van der Waals surface area contributed by atoms with Gasteiger partial charge in [0.05, 0.1) is 19.3 Å². The number of carbonyl (C=O) groups is 2. The van der Waals surface area contributed by atoms with Crippen LogP contribution in [0.1, 0.15) is 59.6 Å². The Morgan fingerprint density at radius 1 is 1.15 bits per heavy atom. The van der Waals surface area contributed by atoms with Gasteiger partial charge in [-0.1, -0.05) is 19.9 Å². The monoisotopic (exact) mass is 578 g/mol. The van der Waals surface area contributed by atoms with Crippen LogP contribution in [0.4, 0.5) is 17.6 Å². The fourth-order valence-electron chi connectivity index (χ4n) is 5.10. The van der Waals surface area contributed by atoms with Crippen molar-refractivity contribution in [3.63, 3.8) is 0 Å². The zero-order valence-corrected chi connectivity index (χ0v) is 22.8. The number of nitrogens with zero attached hydrogens (tertiary/aromatic N) is 1. The number of carbonyl (C=O) groups excluding carboxylic acids is 2. The highest BCUT2D eigenvalue weighted by molar-refractivity contribution is 5.97. The quantitative estimate of drug-likeness (QED) is 0.330. The SMILES string of the molecule is CCOc1ccc2c(c1)CCN(C(=O)c1cc(=O)[nH]o1)[C@H]2C(=O)Cc1cc(F)c(C(C)(C)COCC(F)F)c(F)c1. The third kappa shape index (κ3) is 6.70.